The molecule has 1 amide bonds. The van der Waals surface area contributed by atoms with Crippen molar-refractivity contribution in [2.75, 3.05) is 5.32 Å². The fraction of sp³-hybridized carbons (Fsp3) is 0.316. The first-order chi connectivity index (χ1) is 13.5. The van der Waals surface area contributed by atoms with Gasteiger partial charge in [-0.3, -0.25) is 4.79 Å². The molecule has 3 rings (SSSR count). The Labute approximate surface area is 170 Å². The van der Waals surface area contributed by atoms with Gasteiger partial charge in [0.15, 0.2) is 27.3 Å². The lowest BCUT2D eigenvalue weighted by molar-refractivity contribution is 0.0428. The molecule has 1 atom stereocenters. The predicted molar refractivity (Wildman–Crippen MR) is 101 cm³/mol. The second-order valence-electron chi connectivity index (χ2n) is 6.99. The number of aliphatic hydroxyl groups excluding tert-OH is 1. The SMILES string of the molecule is C[C@@H](C1CC(O)C1)S(=O)(=O)c1cc(C(=O)Nc2cc(F)c(F)c(F)c2)ccc1Cl. The van der Waals surface area contributed by atoms with Crippen LogP contribution in [0.4, 0.5) is 18.9 Å². The third-order valence-corrected chi connectivity index (χ3v) is 7.80. The van der Waals surface area contributed by atoms with Crippen molar-refractivity contribution in [2.45, 2.75) is 36.0 Å². The summed E-state index contributed by atoms with van der Waals surface area (Å²) in [6.45, 7) is 1.51. The van der Waals surface area contributed by atoms with Crippen LogP contribution in [0.5, 0.6) is 0 Å². The van der Waals surface area contributed by atoms with Gasteiger partial charge in [0.2, 0.25) is 0 Å². The smallest absolute Gasteiger partial charge is 0.255 e. The normalized spacial score (nSPS) is 20.1. The van der Waals surface area contributed by atoms with Crippen LogP contribution >= 0.6 is 11.6 Å². The zero-order valence-corrected chi connectivity index (χ0v) is 16.7. The van der Waals surface area contributed by atoms with E-state index in [1.165, 1.54) is 19.1 Å². The Morgan fingerprint density at radius 3 is 2.31 bits per heavy atom. The van der Waals surface area contributed by atoms with E-state index in [-0.39, 0.29) is 27.1 Å². The Morgan fingerprint density at radius 1 is 1.17 bits per heavy atom. The monoisotopic (exact) mass is 447 g/mol. The molecule has 1 fully saturated rings. The number of carbonyl (C=O) groups is 1. The number of amides is 1. The molecule has 1 saturated carbocycles. The molecular formula is C19H17ClF3NO4S. The van der Waals surface area contributed by atoms with E-state index in [2.05, 4.69) is 5.32 Å². The van der Waals surface area contributed by atoms with Gasteiger partial charge in [0.25, 0.3) is 5.91 Å². The van der Waals surface area contributed by atoms with Gasteiger partial charge in [-0.1, -0.05) is 11.6 Å². The minimum atomic E-state index is -3.89. The van der Waals surface area contributed by atoms with E-state index in [1.54, 1.807) is 0 Å². The molecule has 0 unspecified atom stereocenters. The number of hydrogen-bond donors (Lipinski definition) is 2. The number of aliphatic hydroxyl groups is 1. The van der Waals surface area contributed by atoms with Crippen molar-refractivity contribution >= 4 is 33.0 Å². The molecule has 2 N–H and O–H groups in total. The average Bonchev–Trinajstić information content (AvgIpc) is 2.63. The number of carbonyl (C=O) groups excluding carboxylic acids is 1. The van der Waals surface area contributed by atoms with Crippen LogP contribution in [0.3, 0.4) is 0 Å². The van der Waals surface area contributed by atoms with Crippen molar-refractivity contribution in [3.8, 4) is 0 Å². The van der Waals surface area contributed by atoms with Gasteiger partial charge in [0.05, 0.1) is 21.3 Å². The number of sulfone groups is 1. The molecule has 1 aliphatic carbocycles. The number of anilines is 1. The summed E-state index contributed by atoms with van der Waals surface area (Å²) in [5.74, 6) is -5.70. The molecule has 0 bridgehead atoms. The Hall–Kier alpha value is -2.10. The molecule has 1 aliphatic rings. The Balaban J connectivity index is 1.87. The highest BCUT2D eigenvalue weighted by Gasteiger charge is 2.39. The molecule has 2 aromatic carbocycles. The first-order valence-corrected chi connectivity index (χ1v) is 10.6. The predicted octanol–water partition coefficient (Wildman–Crippen LogP) is 3.94. The number of hydrogen-bond acceptors (Lipinski definition) is 4. The van der Waals surface area contributed by atoms with E-state index in [0.29, 0.717) is 25.0 Å². The van der Waals surface area contributed by atoms with Crippen LogP contribution in [-0.4, -0.2) is 30.8 Å². The Morgan fingerprint density at radius 2 is 1.76 bits per heavy atom. The van der Waals surface area contributed by atoms with Gasteiger partial charge in [-0.15, -0.1) is 0 Å². The third kappa shape index (κ3) is 4.26. The van der Waals surface area contributed by atoms with Crippen molar-refractivity contribution in [3.05, 3.63) is 58.4 Å². The third-order valence-electron chi connectivity index (χ3n) is 5.04. The highest BCUT2D eigenvalue weighted by molar-refractivity contribution is 7.92. The van der Waals surface area contributed by atoms with E-state index in [4.69, 9.17) is 11.6 Å². The second-order valence-corrected chi connectivity index (χ2v) is 9.67. The van der Waals surface area contributed by atoms with Crippen molar-refractivity contribution in [3.63, 3.8) is 0 Å². The van der Waals surface area contributed by atoms with Crippen LogP contribution in [0.2, 0.25) is 5.02 Å². The standard InChI is InChI=1S/C19H17ClF3NO4S/c1-9(11-4-13(25)5-11)29(27,28)17-6-10(2-3-14(17)20)19(26)24-12-7-15(21)18(23)16(22)8-12/h2-3,6-9,11,13,25H,4-5H2,1H3,(H,24,26)/t9-,11?,13?/m0/s1. The van der Waals surface area contributed by atoms with Crippen molar-refractivity contribution in [1.29, 1.82) is 0 Å². The molecule has 2 aromatic rings. The Bertz CT molecular complexity index is 1050. The summed E-state index contributed by atoms with van der Waals surface area (Å²) in [4.78, 5) is 12.2. The van der Waals surface area contributed by atoms with Gasteiger partial charge in [0.1, 0.15) is 0 Å². The molecule has 29 heavy (non-hydrogen) atoms. The zero-order valence-electron chi connectivity index (χ0n) is 15.1. The summed E-state index contributed by atoms with van der Waals surface area (Å²) >= 11 is 6.04. The van der Waals surface area contributed by atoms with Crippen molar-refractivity contribution in [2.24, 2.45) is 5.92 Å². The van der Waals surface area contributed by atoms with Gasteiger partial charge in [-0.2, -0.15) is 0 Å². The van der Waals surface area contributed by atoms with Crippen LogP contribution in [0, 0.1) is 23.4 Å². The quantitative estimate of drug-likeness (QED) is 0.680. The lowest BCUT2D eigenvalue weighted by atomic mass is 9.80. The van der Waals surface area contributed by atoms with E-state index < -0.39 is 44.5 Å². The summed E-state index contributed by atoms with van der Waals surface area (Å²) in [6, 6.07) is 4.78. The fourth-order valence-electron chi connectivity index (χ4n) is 3.16. The summed E-state index contributed by atoms with van der Waals surface area (Å²) in [5.41, 5.74) is -0.443. The summed E-state index contributed by atoms with van der Waals surface area (Å²) in [7, 11) is -3.89. The molecule has 10 heteroatoms. The number of halogens is 4. The minimum absolute atomic E-state index is 0.0767. The summed E-state index contributed by atoms with van der Waals surface area (Å²) in [6.07, 6.45) is 0.196. The number of nitrogens with one attached hydrogen (secondary N) is 1. The lowest BCUT2D eigenvalue weighted by Gasteiger charge is -2.35. The van der Waals surface area contributed by atoms with Gasteiger partial charge in [-0.05, 0) is 43.9 Å². The van der Waals surface area contributed by atoms with Crippen molar-refractivity contribution in [1.82, 2.24) is 0 Å². The van der Waals surface area contributed by atoms with E-state index in [1.807, 2.05) is 0 Å². The van der Waals surface area contributed by atoms with Gasteiger partial charge >= 0.3 is 0 Å². The number of benzene rings is 2. The van der Waals surface area contributed by atoms with Crippen molar-refractivity contribution < 1.29 is 31.5 Å². The van der Waals surface area contributed by atoms with Crippen LogP contribution in [0.1, 0.15) is 30.1 Å². The van der Waals surface area contributed by atoms with Crippen LogP contribution in [0.25, 0.3) is 0 Å². The second kappa shape index (κ2) is 7.97. The lowest BCUT2D eigenvalue weighted by Crippen LogP contribution is -2.39. The molecule has 0 heterocycles. The van der Waals surface area contributed by atoms with Gasteiger partial charge in [-0.25, -0.2) is 21.6 Å². The maximum Gasteiger partial charge on any atom is 0.255 e. The highest BCUT2D eigenvalue weighted by atomic mass is 35.5. The van der Waals surface area contributed by atoms with E-state index >= 15 is 0 Å². The van der Waals surface area contributed by atoms with Crippen LogP contribution < -0.4 is 5.32 Å². The molecule has 156 valence electrons. The van der Waals surface area contributed by atoms with Crippen LogP contribution in [0.15, 0.2) is 35.2 Å². The molecule has 0 spiro atoms. The zero-order chi connectivity index (χ0) is 21.5. The van der Waals surface area contributed by atoms with Crippen LogP contribution in [-0.2, 0) is 9.84 Å². The number of rotatable bonds is 5. The molecule has 0 saturated heterocycles. The topological polar surface area (TPSA) is 83.5 Å². The molecule has 0 aromatic heterocycles. The summed E-state index contributed by atoms with van der Waals surface area (Å²) in [5, 5.41) is 10.7. The molecule has 5 nitrogen and oxygen atoms in total. The van der Waals surface area contributed by atoms with Gasteiger partial charge < -0.3 is 10.4 Å². The minimum Gasteiger partial charge on any atom is -0.393 e. The summed E-state index contributed by atoms with van der Waals surface area (Å²) < 4.78 is 65.5. The maximum atomic E-state index is 13.3. The van der Waals surface area contributed by atoms with E-state index in [0.717, 1.165) is 6.07 Å². The first kappa shape index (κ1) is 21.6. The van der Waals surface area contributed by atoms with E-state index in [9.17, 15) is 31.5 Å². The molecule has 0 aliphatic heterocycles. The highest BCUT2D eigenvalue weighted by Crippen LogP contribution is 2.37. The average molecular weight is 448 g/mol. The molecule has 0 radical (unpaired) electrons. The largest absolute Gasteiger partial charge is 0.393 e. The Kier molecular flexibility index (Phi) is 5.93. The fourth-order valence-corrected chi connectivity index (χ4v) is 5.36. The first-order valence-electron chi connectivity index (χ1n) is 8.68. The molecular weight excluding hydrogens is 431 g/mol. The maximum absolute atomic E-state index is 13.3. The van der Waals surface area contributed by atoms with Gasteiger partial charge in [0, 0.05) is 23.4 Å².